The summed E-state index contributed by atoms with van der Waals surface area (Å²) in [7, 11) is 0. The van der Waals surface area contributed by atoms with Crippen LogP contribution in [0.5, 0.6) is 0 Å². The third-order valence-corrected chi connectivity index (χ3v) is 4.97. The second kappa shape index (κ2) is 7.92. The topological polar surface area (TPSA) is 69.6 Å². The van der Waals surface area contributed by atoms with Gasteiger partial charge >= 0.3 is 12.0 Å². The van der Waals surface area contributed by atoms with E-state index >= 15 is 0 Å². The van der Waals surface area contributed by atoms with Gasteiger partial charge in [-0.25, -0.2) is 9.59 Å². The Bertz CT molecular complexity index is 374. The Morgan fingerprint density at radius 1 is 1.48 bits per heavy atom. The van der Waals surface area contributed by atoms with Gasteiger partial charge in [-0.1, -0.05) is 20.8 Å². The molecule has 122 valence electrons. The molecule has 0 aromatic carbocycles. The number of carboxylic acid groups (broad SMARTS) is 1. The van der Waals surface area contributed by atoms with Crippen LogP contribution >= 0.6 is 11.8 Å². The Labute approximate surface area is 131 Å². The molecule has 1 aliphatic rings. The van der Waals surface area contributed by atoms with E-state index < -0.39 is 12.0 Å². The molecule has 1 rings (SSSR count). The number of carbonyl (C=O) groups is 2. The van der Waals surface area contributed by atoms with E-state index in [1.807, 2.05) is 32.5 Å². The smallest absolute Gasteiger partial charge is 0.327 e. The van der Waals surface area contributed by atoms with Crippen molar-refractivity contribution in [3.63, 3.8) is 0 Å². The van der Waals surface area contributed by atoms with Crippen LogP contribution in [0.2, 0.25) is 0 Å². The number of carbonyl (C=O) groups excluding carboxylic acids is 1. The van der Waals surface area contributed by atoms with Gasteiger partial charge in [-0.05, 0) is 43.1 Å². The highest BCUT2D eigenvalue weighted by Gasteiger charge is 2.44. The van der Waals surface area contributed by atoms with Crippen molar-refractivity contribution in [2.24, 2.45) is 5.41 Å². The van der Waals surface area contributed by atoms with Crippen LogP contribution in [-0.4, -0.2) is 52.1 Å². The molecular weight excluding hydrogens is 288 g/mol. The van der Waals surface area contributed by atoms with Gasteiger partial charge in [0.05, 0.1) is 0 Å². The summed E-state index contributed by atoms with van der Waals surface area (Å²) in [4.78, 5) is 25.4. The molecule has 1 fully saturated rings. The Balaban J connectivity index is 2.64. The van der Waals surface area contributed by atoms with Gasteiger partial charge in [0, 0.05) is 12.6 Å². The van der Waals surface area contributed by atoms with Crippen molar-refractivity contribution in [3.05, 3.63) is 0 Å². The molecule has 2 unspecified atom stereocenters. The van der Waals surface area contributed by atoms with Crippen LogP contribution in [0.25, 0.3) is 0 Å². The van der Waals surface area contributed by atoms with Gasteiger partial charge in [-0.2, -0.15) is 11.8 Å². The molecule has 0 bridgehead atoms. The maximum atomic E-state index is 12.4. The van der Waals surface area contributed by atoms with Crippen molar-refractivity contribution in [2.45, 2.75) is 59.0 Å². The van der Waals surface area contributed by atoms with E-state index in [1.54, 1.807) is 0 Å². The molecule has 1 saturated heterocycles. The van der Waals surface area contributed by atoms with E-state index in [4.69, 9.17) is 0 Å². The van der Waals surface area contributed by atoms with Crippen LogP contribution in [0, 0.1) is 5.41 Å². The van der Waals surface area contributed by atoms with Crippen molar-refractivity contribution >= 4 is 23.8 Å². The van der Waals surface area contributed by atoms with E-state index in [2.05, 4.69) is 12.2 Å². The second-order valence-corrected chi connectivity index (χ2v) is 7.76. The van der Waals surface area contributed by atoms with Gasteiger partial charge in [0.25, 0.3) is 0 Å². The maximum absolute atomic E-state index is 12.4. The number of hydrogen-bond donors (Lipinski definition) is 2. The number of aliphatic carboxylic acids is 1. The summed E-state index contributed by atoms with van der Waals surface area (Å²) in [5.74, 6) is 1.16. The SMILES string of the molecule is CCSCCC(C)NC(=O)N1CCCC(C)(C)C1C(=O)O. The minimum atomic E-state index is -0.913. The lowest BCUT2D eigenvalue weighted by molar-refractivity contribution is -0.148. The average Bonchev–Trinajstić information content (AvgIpc) is 2.36. The Kier molecular flexibility index (Phi) is 6.84. The molecule has 21 heavy (non-hydrogen) atoms. The van der Waals surface area contributed by atoms with Gasteiger partial charge in [0.15, 0.2) is 0 Å². The van der Waals surface area contributed by atoms with Crippen molar-refractivity contribution < 1.29 is 14.7 Å². The lowest BCUT2D eigenvalue weighted by Gasteiger charge is -2.44. The number of amides is 2. The number of carboxylic acids is 1. The summed E-state index contributed by atoms with van der Waals surface area (Å²) >= 11 is 1.85. The zero-order valence-corrected chi connectivity index (χ0v) is 14.3. The molecule has 0 aromatic rings. The number of nitrogens with one attached hydrogen (secondary N) is 1. The highest BCUT2D eigenvalue weighted by atomic mass is 32.2. The molecule has 2 amide bonds. The van der Waals surface area contributed by atoms with E-state index in [1.165, 1.54) is 4.90 Å². The minimum Gasteiger partial charge on any atom is -0.480 e. The summed E-state index contributed by atoms with van der Waals surface area (Å²) in [6.07, 6.45) is 2.58. The van der Waals surface area contributed by atoms with Crippen molar-refractivity contribution in [1.82, 2.24) is 10.2 Å². The predicted octanol–water partition coefficient (Wildman–Crippen LogP) is 2.80. The normalized spacial score (nSPS) is 22.7. The number of likely N-dealkylation sites (tertiary alicyclic amines) is 1. The number of hydrogen-bond acceptors (Lipinski definition) is 3. The lowest BCUT2D eigenvalue weighted by atomic mass is 9.76. The Morgan fingerprint density at radius 2 is 2.14 bits per heavy atom. The summed E-state index contributed by atoms with van der Waals surface area (Å²) in [5, 5.41) is 12.4. The summed E-state index contributed by atoms with van der Waals surface area (Å²) < 4.78 is 0. The third kappa shape index (κ3) is 5.09. The number of urea groups is 1. The summed E-state index contributed by atoms with van der Waals surface area (Å²) in [5.41, 5.74) is -0.386. The Morgan fingerprint density at radius 3 is 2.71 bits per heavy atom. The predicted molar refractivity (Wildman–Crippen MR) is 86.8 cm³/mol. The van der Waals surface area contributed by atoms with Crippen molar-refractivity contribution in [3.8, 4) is 0 Å². The third-order valence-electron chi connectivity index (χ3n) is 4.04. The highest BCUT2D eigenvalue weighted by molar-refractivity contribution is 7.99. The van der Waals surface area contributed by atoms with Gasteiger partial charge in [-0.3, -0.25) is 0 Å². The zero-order valence-electron chi connectivity index (χ0n) is 13.5. The molecule has 0 aromatic heterocycles. The largest absolute Gasteiger partial charge is 0.480 e. The van der Waals surface area contributed by atoms with Gasteiger partial charge in [-0.15, -0.1) is 0 Å². The molecule has 0 saturated carbocycles. The molecule has 6 heteroatoms. The number of piperidine rings is 1. The fourth-order valence-corrected chi connectivity index (χ4v) is 3.66. The van der Waals surface area contributed by atoms with E-state index in [0.717, 1.165) is 30.8 Å². The van der Waals surface area contributed by atoms with Gasteiger partial charge in [0.2, 0.25) is 0 Å². The first kappa shape index (κ1) is 18.1. The lowest BCUT2D eigenvalue weighted by Crippen LogP contribution is -2.59. The number of rotatable bonds is 6. The van der Waals surface area contributed by atoms with E-state index in [9.17, 15) is 14.7 Å². The first-order valence-electron chi connectivity index (χ1n) is 7.67. The van der Waals surface area contributed by atoms with Crippen LogP contribution in [0.15, 0.2) is 0 Å². The Hall–Kier alpha value is -0.910. The van der Waals surface area contributed by atoms with Crippen molar-refractivity contribution in [1.29, 1.82) is 0 Å². The fourth-order valence-electron chi connectivity index (χ4n) is 2.85. The van der Waals surface area contributed by atoms with Crippen LogP contribution in [0.3, 0.4) is 0 Å². The summed E-state index contributed by atoms with van der Waals surface area (Å²) in [6.45, 7) is 8.45. The molecule has 2 N–H and O–H groups in total. The zero-order chi connectivity index (χ0) is 16.0. The van der Waals surface area contributed by atoms with E-state index in [0.29, 0.717) is 6.54 Å². The first-order chi connectivity index (χ1) is 9.79. The molecule has 1 aliphatic heterocycles. The van der Waals surface area contributed by atoms with Crippen LogP contribution in [0.4, 0.5) is 4.79 Å². The minimum absolute atomic E-state index is 0.0658. The molecule has 2 atom stereocenters. The molecule has 0 aliphatic carbocycles. The maximum Gasteiger partial charge on any atom is 0.327 e. The number of thioether (sulfide) groups is 1. The van der Waals surface area contributed by atoms with Crippen molar-refractivity contribution in [2.75, 3.05) is 18.1 Å². The number of nitrogens with zero attached hydrogens (tertiary/aromatic N) is 1. The molecule has 1 heterocycles. The van der Waals surface area contributed by atoms with Crippen LogP contribution < -0.4 is 5.32 Å². The fraction of sp³-hybridized carbons (Fsp3) is 0.867. The standard InChI is InChI=1S/C15H28N2O3S/c1-5-21-10-7-11(2)16-14(20)17-9-6-8-15(3,4)12(17)13(18)19/h11-12H,5-10H2,1-4H3,(H,16,20)(H,18,19). The monoisotopic (exact) mass is 316 g/mol. The quantitative estimate of drug-likeness (QED) is 0.739. The molecule has 0 radical (unpaired) electrons. The van der Waals surface area contributed by atoms with E-state index in [-0.39, 0.29) is 17.5 Å². The van der Waals surface area contributed by atoms with Crippen LogP contribution in [0.1, 0.15) is 47.0 Å². The van der Waals surface area contributed by atoms with Crippen LogP contribution in [-0.2, 0) is 4.79 Å². The highest BCUT2D eigenvalue weighted by Crippen LogP contribution is 2.35. The molecule has 5 nitrogen and oxygen atoms in total. The summed E-state index contributed by atoms with van der Waals surface area (Å²) in [6, 6.07) is -0.927. The average molecular weight is 316 g/mol. The van der Waals surface area contributed by atoms with Gasteiger partial charge in [0.1, 0.15) is 6.04 Å². The molecule has 0 spiro atoms. The molecular formula is C15H28N2O3S. The first-order valence-corrected chi connectivity index (χ1v) is 8.82. The van der Waals surface area contributed by atoms with Gasteiger partial charge < -0.3 is 15.3 Å². The second-order valence-electron chi connectivity index (χ2n) is 6.36.